The third-order valence-electron chi connectivity index (χ3n) is 8.56. The Labute approximate surface area is 289 Å². The van der Waals surface area contributed by atoms with Crippen molar-refractivity contribution in [2.45, 2.75) is 83.0 Å². The van der Waals surface area contributed by atoms with Crippen LogP contribution in [0.15, 0.2) is 41.8 Å². The first-order chi connectivity index (χ1) is 24.0. The number of hydrogen-bond acceptors (Lipinski definition) is 11. The topological polar surface area (TPSA) is 158 Å². The molecule has 3 N–H and O–H groups in total. The van der Waals surface area contributed by atoms with Gasteiger partial charge in [0.15, 0.2) is 0 Å². The molecule has 5 rings (SSSR count). The van der Waals surface area contributed by atoms with Crippen LogP contribution in [0.2, 0.25) is 0 Å². The van der Waals surface area contributed by atoms with Crippen molar-refractivity contribution in [2.24, 2.45) is 10.7 Å². The van der Waals surface area contributed by atoms with Crippen molar-refractivity contribution in [3.05, 3.63) is 42.4 Å². The smallest absolute Gasteiger partial charge is 0.411 e. The summed E-state index contributed by atoms with van der Waals surface area (Å²) in [6, 6.07) is 7.95. The molecule has 13 nitrogen and oxygen atoms in total. The van der Waals surface area contributed by atoms with Crippen molar-refractivity contribution in [3.63, 3.8) is 0 Å². The maximum atomic E-state index is 12.5. The van der Waals surface area contributed by atoms with E-state index in [1.54, 1.807) is 30.6 Å². The zero-order chi connectivity index (χ0) is 35.7. The molecule has 2 aromatic heterocycles. The molecule has 1 saturated heterocycles. The molecular formula is C34H44F3N9O4. The zero-order valence-electron chi connectivity index (χ0n) is 28.5. The lowest BCUT2D eigenvalue weighted by Crippen LogP contribution is -2.51. The number of aromatic nitrogens is 4. The number of aliphatic imine (C=N–C) groups is 1. The highest BCUT2D eigenvalue weighted by atomic mass is 19.4. The second-order valence-corrected chi connectivity index (χ2v) is 12.7. The molecule has 1 aromatic carbocycles. The number of halogens is 3. The van der Waals surface area contributed by atoms with Gasteiger partial charge in [-0.1, -0.05) is 6.07 Å². The lowest BCUT2D eigenvalue weighted by Gasteiger charge is -2.42. The van der Waals surface area contributed by atoms with E-state index in [1.807, 2.05) is 17.8 Å². The fraction of sp³-hybridized carbons (Fsp3) is 0.559. The lowest BCUT2D eigenvalue weighted by molar-refractivity contribution is -0.175. The number of hydrogen-bond donors (Lipinski definition) is 2. The number of nitrogens with two attached hydrogens (primary N) is 1. The van der Waals surface area contributed by atoms with Crippen LogP contribution in [0.3, 0.4) is 0 Å². The molecule has 0 spiro atoms. The Kier molecular flexibility index (Phi) is 12.5. The quantitative estimate of drug-likeness (QED) is 0.128. The third kappa shape index (κ3) is 10.3. The summed E-state index contributed by atoms with van der Waals surface area (Å²) in [5.41, 5.74) is 7.63. The molecule has 3 atom stereocenters. The number of nitriles is 1. The molecule has 1 aliphatic heterocycles. The van der Waals surface area contributed by atoms with Crippen LogP contribution < -0.4 is 20.5 Å². The van der Waals surface area contributed by atoms with Gasteiger partial charge in [0.05, 0.1) is 49.5 Å². The molecule has 3 heterocycles. The average Bonchev–Trinajstić information content (AvgIpc) is 3.48. The third-order valence-corrected chi connectivity index (χ3v) is 8.56. The van der Waals surface area contributed by atoms with E-state index in [0.717, 1.165) is 44.3 Å². The van der Waals surface area contributed by atoms with E-state index >= 15 is 0 Å². The van der Waals surface area contributed by atoms with Crippen molar-refractivity contribution in [1.82, 2.24) is 24.6 Å². The van der Waals surface area contributed by atoms with Gasteiger partial charge in [0.1, 0.15) is 36.8 Å². The first-order valence-electron chi connectivity index (χ1n) is 16.8. The summed E-state index contributed by atoms with van der Waals surface area (Å²) in [6.45, 7) is 6.51. The maximum absolute atomic E-state index is 12.5. The van der Waals surface area contributed by atoms with E-state index in [2.05, 4.69) is 50.2 Å². The van der Waals surface area contributed by atoms with Crippen molar-refractivity contribution in [2.75, 3.05) is 44.8 Å². The maximum Gasteiger partial charge on any atom is 0.411 e. The first kappa shape index (κ1) is 36.8. The molecule has 16 heteroatoms. The summed E-state index contributed by atoms with van der Waals surface area (Å²) in [7, 11) is 0. The molecule has 270 valence electrons. The Bertz CT molecular complexity index is 1590. The molecule has 1 aliphatic carbocycles. The summed E-state index contributed by atoms with van der Waals surface area (Å²) in [4.78, 5) is 15.5. The fourth-order valence-corrected chi connectivity index (χ4v) is 6.36. The van der Waals surface area contributed by atoms with Crippen LogP contribution >= 0.6 is 0 Å². The summed E-state index contributed by atoms with van der Waals surface area (Å²) >= 11 is 0. The number of nitrogens with zero attached hydrogens (tertiary/aromatic N) is 7. The monoisotopic (exact) mass is 699 g/mol. The molecule has 0 amide bonds. The molecule has 0 bridgehead atoms. The minimum absolute atomic E-state index is 0.123. The Hall–Kier alpha value is -4.46. The number of anilines is 2. The van der Waals surface area contributed by atoms with Gasteiger partial charge in [0, 0.05) is 37.1 Å². The summed E-state index contributed by atoms with van der Waals surface area (Å²) < 4.78 is 61.9. The highest BCUT2D eigenvalue weighted by Crippen LogP contribution is 2.35. The van der Waals surface area contributed by atoms with Crippen LogP contribution in [0.4, 0.5) is 24.8 Å². The number of morpholine rings is 1. The standard InChI is InChI=1S/C34H44F3N9O4/c1-22(14-40-21-39)50-31-12-25(4-5-26(31)13-38)27-15-41-33(42-16-27)43-30-19-46(44-32(30)48-11-10-47-20-34(35,36)37)29-8-6-28(7-9-29)45-17-23(2)49-24(3)18-45/h4-5,12,15-16,19,21-24,28-29H,6-11,14,17-18,20H2,1-3H3,(H2,39,40)(H,41,42,43)/t22-,23-,24+,28?,29?/m0/s1. The van der Waals surface area contributed by atoms with Crippen molar-refractivity contribution >= 4 is 18.0 Å². The number of benzene rings is 1. The molecule has 2 aliphatic rings. The van der Waals surface area contributed by atoms with Crippen molar-refractivity contribution in [1.29, 1.82) is 5.26 Å². The van der Waals surface area contributed by atoms with E-state index in [-0.39, 0.29) is 49.4 Å². The highest BCUT2D eigenvalue weighted by Gasteiger charge is 2.32. The fourth-order valence-electron chi connectivity index (χ4n) is 6.36. The van der Waals surface area contributed by atoms with Crippen LogP contribution in [0.25, 0.3) is 11.1 Å². The first-order valence-corrected chi connectivity index (χ1v) is 16.8. The van der Waals surface area contributed by atoms with Crippen LogP contribution in [0.5, 0.6) is 11.6 Å². The predicted octanol–water partition coefficient (Wildman–Crippen LogP) is 5.26. The highest BCUT2D eigenvalue weighted by molar-refractivity contribution is 5.67. The lowest BCUT2D eigenvalue weighted by atomic mass is 9.89. The Morgan fingerprint density at radius 1 is 1.10 bits per heavy atom. The SMILES string of the molecule is C[C@@H]1CN(C2CCC(n3cc(Nc4ncc(-c5ccc(C#N)c(O[C@@H](C)CN=CN)c5)cn4)c(OCCOCC(F)(F)F)n3)CC2)C[C@H](C)O1. The molecule has 50 heavy (non-hydrogen) atoms. The number of rotatable bonds is 14. The summed E-state index contributed by atoms with van der Waals surface area (Å²) in [5, 5.41) is 17.4. The number of ether oxygens (including phenoxy) is 4. The minimum atomic E-state index is -4.42. The van der Waals surface area contributed by atoms with Crippen LogP contribution in [-0.2, 0) is 9.47 Å². The molecule has 0 unspecified atom stereocenters. The average molecular weight is 700 g/mol. The zero-order valence-corrected chi connectivity index (χ0v) is 28.5. The Balaban J connectivity index is 1.27. The van der Waals surface area contributed by atoms with Gasteiger partial charge < -0.3 is 30.0 Å². The molecular weight excluding hydrogens is 655 g/mol. The van der Waals surface area contributed by atoms with Gasteiger partial charge in [-0.2, -0.15) is 18.4 Å². The van der Waals surface area contributed by atoms with Gasteiger partial charge in [0.25, 0.3) is 5.88 Å². The Morgan fingerprint density at radius 3 is 2.46 bits per heavy atom. The number of nitrogens with one attached hydrogen (secondary N) is 1. The molecule has 0 radical (unpaired) electrons. The van der Waals surface area contributed by atoms with E-state index in [4.69, 9.17) is 24.7 Å². The molecule has 3 aromatic rings. The van der Waals surface area contributed by atoms with Crippen LogP contribution in [-0.4, -0.2) is 101 Å². The molecule has 2 fully saturated rings. The summed E-state index contributed by atoms with van der Waals surface area (Å²) in [6.07, 6.45) is 5.86. The van der Waals surface area contributed by atoms with Crippen LogP contribution in [0.1, 0.15) is 58.1 Å². The summed E-state index contributed by atoms with van der Waals surface area (Å²) in [5.74, 6) is 0.890. The van der Waals surface area contributed by atoms with Crippen molar-refractivity contribution in [3.8, 4) is 28.8 Å². The Morgan fingerprint density at radius 2 is 1.80 bits per heavy atom. The van der Waals surface area contributed by atoms with E-state index in [0.29, 0.717) is 35.2 Å². The van der Waals surface area contributed by atoms with E-state index in [9.17, 15) is 18.4 Å². The van der Waals surface area contributed by atoms with Gasteiger partial charge in [-0.05, 0) is 64.2 Å². The van der Waals surface area contributed by atoms with Crippen LogP contribution in [0, 0.1) is 11.3 Å². The van der Waals surface area contributed by atoms with E-state index < -0.39 is 12.8 Å². The molecule has 1 saturated carbocycles. The van der Waals surface area contributed by atoms with Gasteiger partial charge in [-0.15, -0.1) is 5.10 Å². The minimum Gasteiger partial charge on any atom is -0.487 e. The predicted molar refractivity (Wildman–Crippen MR) is 181 cm³/mol. The second-order valence-electron chi connectivity index (χ2n) is 12.7. The van der Waals surface area contributed by atoms with Gasteiger partial charge in [-0.3, -0.25) is 14.6 Å². The van der Waals surface area contributed by atoms with E-state index in [1.165, 1.54) is 6.34 Å². The number of alkyl halides is 3. The normalized spacial score (nSPS) is 22.3. The van der Waals surface area contributed by atoms with Crippen molar-refractivity contribution < 1.29 is 32.1 Å². The largest absolute Gasteiger partial charge is 0.487 e. The van der Waals surface area contributed by atoms with Gasteiger partial charge in [-0.25, -0.2) is 9.97 Å². The van der Waals surface area contributed by atoms with Gasteiger partial charge in [0.2, 0.25) is 5.95 Å². The second kappa shape index (κ2) is 17.0. The van der Waals surface area contributed by atoms with Gasteiger partial charge >= 0.3 is 6.18 Å².